The number of carbonyl (C=O) groups excluding carboxylic acids is 1. The van der Waals surface area contributed by atoms with E-state index in [0.29, 0.717) is 23.5 Å². The molecule has 1 N–H and O–H groups in total. The van der Waals surface area contributed by atoms with E-state index < -0.39 is 0 Å². The van der Waals surface area contributed by atoms with E-state index in [1.807, 2.05) is 30.3 Å². The number of aromatic nitrogens is 4. The average molecular weight is 345 g/mol. The number of thioether (sulfide) groups is 1. The summed E-state index contributed by atoms with van der Waals surface area (Å²) in [5.41, 5.74) is 1.13. The molecule has 0 atom stereocenters. The molecule has 0 radical (unpaired) electrons. The van der Waals surface area contributed by atoms with Crippen molar-refractivity contribution in [2.75, 3.05) is 5.75 Å². The van der Waals surface area contributed by atoms with E-state index in [1.54, 1.807) is 4.68 Å². The fourth-order valence-corrected chi connectivity index (χ4v) is 3.67. The van der Waals surface area contributed by atoms with Crippen LogP contribution in [0.3, 0.4) is 0 Å². The minimum absolute atomic E-state index is 0.0705. The van der Waals surface area contributed by atoms with E-state index >= 15 is 0 Å². The maximum atomic E-state index is 12.2. The molecular formula is C17H23N5OS. The zero-order valence-corrected chi connectivity index (χ0v) is 14.5. The van der Waals surface area contributed by atoms with Gasteiger partial charge in [0.05, 0.1) is 12.3 Å². The van der Waals surface area contributed by atoms with Crippen LogP contribution in [0.5, 0.6) is 0 Å². The van der Waals surface area contributed by atoms with E-state index in [2.05, 4.69) is 20.8 Å². The van der Waals surface area contributed by atoms with Gasteiger partial charge in [-0.15, -0.1) is 5.10 Å². The monoisotopic (exact) mass is 345 g/mol. The highest BCUT2D eigenvalue weighted by molar-refractivity contribution is 7.99. The summed E-state index contributed by atoms with van der Waals surface area (Å²) in [6, 6.07) is 10.4. The Morgan fingerprint density at radius 2 is 1.92 bits per heavy atom. The van der Waals surface area contributed by atoms with Gasteiger partial charge in [0.25, 0.3) is 0 Å². The first kappa shape index (κ1) is 17.0. The Hall–Kier alpha value is -1.89. The number of hydrogen-bond acceptors (Lipinski definition) is 5. The SMILES string of the molecule is O=C(CSc1nnnn1Cc1ccccc1)NC1CCCCCC1. The van der Waals surface area contributed by atoms with Crippen molar-refractivity contribution in [1.29, 1.82) is 0 Å². The van der Waals surface area contributed by atoms with Crippen molar-refractivity contribution in [1.82, 2.24) is 25.5 Å². The van der Waals surface area contributed by atoms with Gasteiger partial charge in [0.1, 0.15) is 0 Å². The molecule has 0 aliphatic heterocycles. The molecule has 0 bridgehead atoms. The number of benzene rings is 1. The van der Waals surface area contributed by atoms with Crippen LogP contribution in [0.4, 0.5) is 0 Å². The number of amides is 1. The molecule has 6 nitrogen and oxygen atoms in total. The summed E-state index contributed by atoms with van der Waals surface area (Å²) in [6.07, 6.45) is 7.20. The lowest BCUT2D eigenvalue weighted by atomic mass is 10.1. The highest BCUT2D eigenvalue weighted by Gasteiger charge is 2.16. The van der Waals surface area contributed by atoms with Crippen LogP contribution in [-0.4, -0.2) is 37.9 Å². The summed E-state index contributed by atoms with van der Waals surface area (Å²) >= 11 is 1.39. The molecular weight excluding hydrogens is 322 g/mol. The minimum atomic E-state index is 0.0705. The average Bonchev–Trinajstić information content (AvgIpc) is 2.87. The Balaban J connectivity index is 1.49. The predicted molar refractivity (Wildman–Crippen MR) is 93.7 cm³/mol. The summed E-state index contributed by atoms with van der Waals surface area (Å²) in [6.45, 7) is 0.612. The van der Waals surface area contributed by atoms with Crippen LogP contribution in [0.1, 0.15) is 44.1 Å². The van der Waals surface area contributed by atoms with Crippen LogP contribution >= 0.6 is 11.8 Å². The molecule has 1 amide bonds. The van der Waals surface area contributed by atoms with Crippen LogP contribution in [0.25, 0.3) is 0 Å². The minimum Gasteiger partial charge on any atom is -0.353 e. The molecule has 2 aromatic rings. The molecule has 3 rings (SSSR count). The van der Waals surface area contributed by atoms with Gasteiger partial charge in [-0.05, 0) is 28.8 Å². The highest BCUT2D eigenvalue weighted by Crippen LogP contribution is 2.18. The molecule has 1 aromatic heterocycles. The second-order valence-corrected chi connectivity index (χ2v) is 7.09. The fourth-order valence-electron chi connectivity index (χ4n) is 2.98. The van der Waals surface area contributed by atoms with E-state index in [4.69, 9.17) is 0 Å². The van der Waals surface area contributed by atoms with Gasteiger partial charge in [-0.3, -0.25) is 4.79 Å². The van der Waals surface area contributed by atoms with Gasteiger partial charge >= 0.3 is 0 Å². The zero-order valence-electron chi connectivity index (χ0n) is 13.7. The second kappa shape index (κ2) is 8.82. The summed E-state index contributed by atoms with van der Waals surface area (Å²) < 4.78 is 1.74. The van der Waals surface area contributed by atoms with E-state index in [1.165, 1.54) is 37.4 Å². The number of hydrogen-bond donors (Lipinski definition) is 1. The summed E-state index contributed by atoms with van der Waals surface area (Å²) in [4.78, 5) is 12.2. The quantitative estimate of drug-likeness (QED) is 0.644. The Bertz CT molecular complexity index is 637. The molecule has 128 valence electrons. The van der Waals surface area contributed by atoms with Crippen molar-refractivity contribution < 1.29 is 4.79 Å². The number of nitrogens with zero attached hydrogens (tertiary/aromatic N) is 4. The lowest BCUT2D eigenvalue weighted by Crippen LogP contribution is -2.35. The van der Waals surface area contributed by atoms with Crippen LogP contribution in [0, 0.1) is 0 Å². The molecule has 1 saturated carbocycles. The number of rotatable bonds is 6. The topological polar surface area (TPSA) is 72.7 Å². The largest absolute Gasteiger partial charge is 0.353 e. The molecule has 1 aliphatic rings. The molecule has 1 fully saturated rings. The fraction of sp³-hybridized carbons (Fsp3) is 0.529. The van der Waals surface area contributed by atoms with E-state index in [0.717, 1.165) is 18.4 Å². The molecule has 7 heteroatoms. The molecule has 1 heterocycles. The summed E-state index contributed by atoms with van der Waals surface area (Å²) in [5, 5.41) is 15.6. The molecule has 0 saturated heterocycles. The van der Waals surface area contributed by atoms with Crippen molar-refractivity contribution in [3.63, 3.8) is 0 Å². The number of tetrazole rings is 1. The van der Waals surface area contributed by atoms with Crippen LogP contribution < -0.4 is 5.32 Å². The van der Waals surface area contributed by atoms with Gasteiger partial charge in [0, 0.05) is 6.04 Å². The Labute approximate surface area is 146 Å². The molecule has 0 spiro atoms. The third kappa shape index (κ3) is 5.06. The summed E-state index contributed by atoms with van der Waals surface area (Å²) in [7, 11) is 0. The van der Waals surface area contributed by atoms with Gasteiger partial charge in [-0.1, -0.05) is 67.8 Å². The first-order valence-corrected chi connectivity index (χ1v) is 9.52. The molecule has 1 aliphatic carbocycles. The number of carbonyl (C=O) groups is 1. The van der Waals surface area contributed by atoms with Crippen LogP contribution in [0.15, 0.2) is 35.5 Å². The third-order valence-electron chi connectivity index (χ3n) is 4.23. The van der Waals surface area contributed by atoms with Crippen LogP contribution in [-0.2, 0) is 11.3 Å². The van der Waals surface area contributed by atoms with Gasteiger partial charge in [0.15, 0.2) is 0 Å². The Kier molecular flexibility index (Phi) is 6.23. The maximum absolute atomic E-state index is 12.2. The second-order valence-electron chi connectivity index (χ2n) is 6.15. The van der Waals surface area contributed by atoms with Gasteiger partial charge in [0.2, 0.25) is 11.1 Å². The summed E-state index contributed by atoms with van der Waals surface area (Å²) in [5.74, 6) is 0.423. The smallest absolute Gasteiger partial charge is 0.230 e. The molecule has 1 aromatic carbocycles. The lowest BCUT2D eigenvalue weighted by molar-refractivity contribution is -0.119. The van der Waals surface area contributed by atoms with Gasteiger partial charge in [-0.2, -0.15) is 0 Å². The van der Waals surface area contributed by atoms with E-state index in [-0.39, 0.29) is 5.91 Å². The van der Waals surface area contributed by atoms with E-state index in [9.17, 15) is 4.79 Å². The van der Waals surface area contributed by atoms with Crippen molar-refractivity contribution in [2.45, 2.75) is 56.3 Å². The standard InChI is InChI=1S/C17H23N5OS/c23-16(18-15-10-6-1-2-7-11-15)13-24-17-19-20-21-22(17)12-14-8-4-3-5-9-14/h3-5,8-9,15H,1-2,6-7,10-13H2,(H,18,23). The Morgan fingerprint density at radius 1 is 1.17 bits per heavy atom. The van der Waals surface area contributed by atoms with Gasteiger partial charge in [-0.25, -0.2) is 4.68 Å². The zero-order chi connectivity index (χ0) is 16.6. The first-order valence-electron chi connectivity index (χ1n) is 8.53. The predicted octanol–water partition coefficient (Wildman–Crippen LogP) is 2.65. The van der Waals surface area contributed by atoms with Crippen LogP contribution in [0.2, 0.25) is 0 Å². The van der Waals surface area contributed by atoms with Crippen molar-refractivity contribution in [3.05, 3.63) is 35.9 Å². The first-order chi connectivity index (χ1) is 11.8. The van der Waals surface area contributed by atoms with Gasteiger partial charge < -0.3 is 5.32 Å². The maximum Gasteiger partial charge on any atom is 0.230 e. The molecule has 0 unspecified atom stereocenters. The Morgan fingerprint density at radius 3 is 2.67 bits per heavy atom. The normalized spacial score (nSPS) is 15.8. The van der Waals surface area contributed by atoms with Crippen molar-refractivity contribution >= 4 is 17.7 Å². The highest BCUT2D eigenvalue weighted by atomic mass is 32.2. The van der Waals surface area contributed by atoms with Crippen molar-refractivity contribution in [3.8, 4) is 0 Å². The molecule has 24 heavy (non-hydrogen) atoms. The lowest BCUT2D eigenvalue weighted by Gasteiger charge is -2.15. The number of nitrogens with one attached hydrogen (secondary N) is 1. The third-order valence-corrected chi connectivity index (χ3v) is 5.18. The van der Waals surface area contributed by atoms with Crippen molar-refractivity contribution in [2.24, 2.45) is 0 Å².